The molecule has 132 valence electrons. The number of carbonyl (C=O) groups is 1. The predicted molar refractivity (Wildman–Crippen MR) is 93.4 cm³/mol. The van der Waals surface area contributed by atoms with Crippen molar-refractivity contribution in [3.8, 4) is 17.2 Å². The van der Waals surface area contributed by atoms with Crippen molar-refractivity contribution in [3.05, 3.63) is 54.1 Å². The maximum Gasteiger partial charge on any atom is 0.157 e. The number of carbonyl (C=O) groups excluding carboxylic acids is 1. The van der Waals surface area contributed by atoms with Gasteiger partial charge in [0.05, 0.1) is 6.61 Å². The van der Waals surface area contributed by atoms with Crippen molar-refractivity contribution in [3.63, 3.8) is 0 Å². The fourth-order valence-corrected chi connectivity index (χ4v) is 2.57. The molecular formula is C20H22O5. The molecule has 0 amide bonds. The van der Waals surface area contributed by atoms with Crippen LogP contribution < -0.4 is 9.47 Å². The number of benzene rings is 2. The highest BCUT2D eigenvalue weighted by molar-refractivity contribution is 5.75. The molecular weight excluding hydrogens is 320 g/mol. The third-order valence-electron chi connectivity index (χ3n) is 3.85. The minimum absolute atomic E-state index is 0.0877. The molecule has 1 saturated heterocycles. The third-order valence-corrected chi connectivity index (χ3v) is 3.85. The largest absolute Gasteiger partial charge is 0.491 e. The van der Waals surface area contributed by atoms with Crippen LogP contribution >= 0.6 is 0 Å². The first-order valence-electron chi connectivity index (χ1n) is 8.53. The summed E-state index contributed by atoms with van der Waals surface area (Å²) in [5.74, 6) is 2.06. The van der Waals surface area contributed by atoms with Crippen LogP contribution in [0.3, 0.4) is 0 Å². The van der Waals surface area contributed by atoms with Crippen molar-refractivity contribution in [1.29, 1.82) is 0 Å². The highest BCUT2D eigenvalue weighted by Gasteiger charge is 2.13. The Morgan fingerprint density at radius 3 is 2.60 bits per heavy atom. The van der Waals surface area contributed by atoms with E-state index < -0.39 is 0 Å². The van der Waals surface area contributed by atoms with E-state index in [1.165, 1.54) is 0 Å². The van der Waals surface area contributed by atoms with Crippen LogP contribution in [0.4, 0.5) is 0 Å². The third kappa shape index (κ3) is 5.59. The van der Waals surface area contributed by atoms with Crippen LogP contribution in [-0.4, -0.2) is 32.4 Å². The second-order valence-electron chi connectivity index (χ2n) is 5.78. The number of aldehydes is 1. The van der Waals surface area contributed by atoms with Gasteiger partial charge in [0.15, 0.2) is 6.29 Å². The lowest BCUT2D eigenvalue weighted by Crippen LogP contribution is -2.24. The van der Waals surface area contributed by atoms with Crippen LogP contribution in [0.2, 0.25) is 0 Å². The molecule has 5 heteroatoms. The van der Waals surface area contributed by atoms with E-state index in [-0.39, 0.29) is 6.29 Å². The Morgan fingerprint density at radius 1 is 1.00 bits per heavy atom. The molecule has 1 aliphatic rings. The average Bonchev–Trinajstić information content (AvgIpc) is 2.67. The lowest BCUT2D eigenvalue weighted by Gasteiger charge is -2.22. The first-order valence-corrected chi connectivity index (χ1v) is 8.53. The fraction of sp³-hybridized carbons (Fsp3) is 0.350. The van der Waals surface area contributed by atoms with Crippen LogP contribution in [-0.2, 0) is 9.47 Å². The zero-order chi connectivity index (χ0) is 17.3. The Kier molecular flexibility index (Phi) is 6.42. The topological polar surface area (TPSA) is 54.0 Å². The predicted octanol–water partition coefficient (Wildman–Crippen LogP) is 4.21. The summed E-state index contributed by atoms with van der Waals surface area (Å²) in [6.07, 6.45) is 3.93. The van der Waals surface area contributed by atoms with Gasteiger partial charge in [-0.1, -0.05) is 12.1 Å². The molecule has 0 spiro atoms. The zero-order valence-corrected chi connectivity index (χ0v) is 14.1. The van der Waals surface area contributed by atoms with Crippen LogP contribution in [0.25, 0.3) is 0 Å². The van der Waals surface area contributed by atoms with Gasteiger partial charge in [-0.15, -0.1) is 0 Å². The van der Waals surface area contributed by atoms with Crippen molar-refractivity contribution in [2.75, 3.05) is 19.8 Å². The van der Waals surface area contributed by atoms with E-state index in [1.807, 2.05) is 30.3 Å². The molecule has 1 atom stereocenters. The Hall–Kier alpha value is -2.37. The second-order valence-corrected chi connectivity index (χ2v) is 5.78. The van der Waals surface area contributed by atoms with Gasteiger partial charge in [-0.05, 0) is 55.7 Å². The molecule has 3 rings (SSSR count). The summed E-state index contributed by atoms with van der Waals surface area (Å²) in [5.41, 5.74) is 0.583. The maximum atomic E-state index is 10.8. The molecule has 2 aromatic carbocycles. The number of ether oxygens (including phenoxy) is 4. The molecule has 0 bridgehead atoms. The van der Waals surface area contributed by atoms with E-state index in [2.05, 4.69) is 0 Å². The summed E-state index contributed by atoms with van der Waals surface area (Å²) < 4.78 is 22.5. The molecule has 5 nitrogen and oxygen atoms in total. The molecule has 0 aromatic heterocycles. The van der Waals surface area contributed by atoms with Gasteiger partial charge in [-0.25, -0.2) is 0 Å². The molecule has 0 saturated carbocycles. The number of rotatable bonds is 8. The van der Waals surface area contributed by atoms with E-state index in [0.29, 0.717) is 30.3 Å². The molecule has 1 aliphatic heterocycles. The van der Waals surface area contributed by atoms with Crippen molar-refractivity contribution >= 4 is 6.29 Å². The van der Waals surface area contributed by atoms with Gasteiger partial charge < -0.3 is 18.9 Å². The lowest BCUT2D eigenvalue weighted by atomic mass is 10.2. The van der Waals surface area contributed by atoms with Crippen LogP contribution in [0.15, 0.2) is 48.5 Å². The summed E-state index contributed by atoms with van der Waals surface area (Å²) in [5, 5.41) is 0. The van der Waals surface area contributed by atoms with Gasteiger partial charge in [0.1, 0.15) is 30.1 Å². The zero-order valence-electron chi connectivity index (χ0n) is 14.1. The van der Waals surface area contributed by atoms with Gasteiger partial charge in [0.2, 0.25) is 0 Å². The SMILES string of the molecule is O=Cc1cccc(Oc2ccc(OCCOC3CCCCO3)cc2)c1. The summed E-state index contributed by atoms with van der Waals surface area (Å²) >= 11 is 0. The summed E-state index contributed by atoms with van der Waals surface area (Å²) in [6.45, 7) is 1.76. The highest BCUT2D eigenvalue weighted by atomic mass is 16.7. The molecule has 1 unspecified atom stereocenters. The maximum absolute atomic E-state index is 10.8. The molecule has 0 aliphatic carbocycles. The molecule has 2 aromatic rings. The van der Waals surface area contributed by atoms with E-state index in [0.717, 1.165) is 37.9 Å². The van der Waals surface area contributed by atoms with Crippen LogP contribution in [0, 0.1) is 0 Å². The Labute approximate surface area is 147 Å². The highest BCUT2D eigenvalue weighted by Crippen LogP contribution is 2.24. The van der Waals surface area contributed by atoms with E-state index in [1.54, 1.807) is 18.2 Å². The summed E-state index contributed by atoms with van der Waals surface area (Å²) in [7, 11) is 0. The smallest absolute Gasteiger partial charge is 0.157 e. The summed E-state index contributed by atoms with van der Waals surface area (Å²) in [4.78, 5) is 10.8. The molecule has 0 N–H and O–H groups in total. The molecule has 1 heterocycles. The first-order chi connectivity index (χ1) is 12.3. The number of hydrogen-bond donors (Lipinski definition) is 0. The van der Waals surface area contributed by atoms with E-state index in [9.17, 15) is 4.79 Å². The Morgan fingerprint density at radius 2 is 1.84 bits per heavy atom. The number of hydrogen-bond acceptors (Lipinski definition) is 5. The monoisotopic (exact) mass is 342 g/mol. The van der Waals surface area contributed by atoms with Gasteiger partial charge in [0, 0.05) is 12.2 Å². The van der Waals surface area contributed by atoms with Crippen molar-refractivity contribution < 1.29 is 23.7 Å². The fourth-order valence-electron chi connectivity index (χ4n) is 2.57. The van der Waals surface area contributed by atoms with E-state index >= 15 is 0 Å². The quantitative estimate of drug-likeness (QED) is 0.531. The molecule has 1 fully saturated rings. The van der Waals surface area contributed by atoms with Gasteiger partial charge in [0.25, 0.3) is 0 Å². The van der Waals surface area contributed by atoms with Crippen LogP contribution in [0.5, 0.6) is 17.2 Å². The van der Waals surface area contributed by atoms with Gasteiger partial charge >= 0.3 is 0 Å². The normalized spacial score (nSPS) is 17.0. The van der Waals surface area contributed by atoms with Crippen LogP contribution in [0.1, 0.15) is 29.6 Å². The Bertz CT molecular complexity index is 662. The summed E-state index contributed by atoms with van der Waals surface area (Å²) in [6, 6.07) is 14.4. The molecule has 25 heavy (non-hydrogen) atoms. The standard InChI is InChI=1S/C20H22O5/c21-15-16-4-3-5-19(14-16)25-18-9-7-17(8-10-18)22-12-13-24-20-6-1-2-11-23-20/h3-5,7-10,14-15,20H,1-2,6,11-13H2. The minimum Gasteiger partial charge on any atom is -0.491 e. The van der Waals surface area contributed by atoms with E-state index in [4.69, 9.17) is 18.9 Å². The van der Waals surface area contributed by atoms with Crippen molar-refractivity contribution in [2.45, 2.75) is 25.6 Å². The minimum atomic E-state index is -0.0877. The second kappa shape index (κ2) is 9.20. The first kappa shape index (κ1) is 17.5. The van der Waals surface area contributed by atoms with Gasteiger partial charge in [-0.3, -0.25) is 4.79 Å². The molecule has 0 radical (unpaired) electrons. The lowest BCUT2D eigenvalue weighted by molar-refractivity contribution is -0.165. The average molecular weight is 342 g/mol. The van der Waals surface area contributed by atoms with Crippen molar-refractivity contribution in [1.82, 2.24) is 0 Å². The Balaban J connectivity index is 1.42. The van der Waals surface area contributed by atoms with Crippen molar-refractivity contribution in [2.24, 2.45) is 0 Å². The van der Waals surface area contributed by atoms with Gasteiger partial charge in [-0.2, -0.15) is 0 Å².